The van der Waals surface area contributed by atoms with Crippen molar-refractivity contribution in [3.63, 3.8) is 0 Å². The minimum absolute atomic E-state index is 0.0960. The van der Waals surface area contributed by atoms with Crippen LogP contribution in [-0.2, 0) is 26.6 Å². The number of nitrogens with one attached hydrogen (secondary N) is 1. The molecule has 0 aliphatic heterocycles. The zero-order valence-corrected chi connectivity index (χ0v) is 22.6. The standard InChI is InChI=1S/C29H31N7O3/c1-5-6-11-26-30-20(3)35(18-23-16-19(2)34(4)32-23)29(38)36(26)17-21-12-14-22(15-13-21)24-9-7-8-10-25(24)27-31-28(37)39-33-27/h7-10,12-16H,5-6,11,17-18H2,1-4H3/p+1. The van der Waals surface area contributed by atoms with Gasteiger partial charge in [0.1, 0.15) is 13.1 Å². The highest BCUT2D eigenvalue weighted by molar-refractivity contribution is 5.80. The summed E-state index contributed by atoms with van der Waals surface area (Å²) in [7, 11) is 1.90. The number of benzene rings is 2. The molecule has 0 radical (unpaired) electrons. The Hall–Kier alpha value is -4.60. The van der Waals surface area contributed by atoms with E-state index in [0.717, 1.165) is 58.7 Å². The number of hydrogen-bond donors (Lipinski definition) is 1. The van der Waals surface area contributed by atoms with E-state index in [9.17, 15) is 9.59 Å². The molecular weight excluding hydrogens is 494 g/mol. The summed E-state index contributed by atoms with van der Waals surface area (Å²) in [5, 5.41) is 8.38. The van der Waals surface area contributed by atoms with E-state index in [-0.39, 0.29) is 5.69 Å². The highest BCUT2D eigenvalue weighted by Crippen LogP contribution is 2.29. The maximum Gasteiger partial charge on any atom is 0.446 e. The Morgan fingerprint density at radius 2 is 1.77 bits per heavy atom. The molecule has 39 heavy (non-hydrogen) atoms. The molecule has 0 amide bonds. The van der Waals surface area contributed by atoms with Gasteiger partial charge >= 0.3 is 11.4 Å². The third-order valence-corrected chi connectivity index (χ3v) is 6.92. The van der Waals surface area contributed by atoms with Crippen LogP contribution in [0.2, 0.25) is 0 Å². The first-order valence-electron chi connectivity index (χ1n) is 13.1. The van der Waals surface area contributed by atoms with Crippen LogP contribution in [0.15, 0.2) is 68.7 Å². The third kappa shape index (κ3) is 5.50. The number of unbranched alkanes of at least 4 members (excludes halogenated alkanes) is 1. The predicted octanol–water partition coefficient (Wildman–Crippen LogP) is 3.33. The number of rotatable bonds is 9. The van der Waals surface area contributed by atoms with Crippen molar-refractivity contribution in [3.05, 3.63) is 104 Å². The third-order valence-electron chi connectivity index (χ3n) is 6.92. The maximum absolute atomic E-state index is 13.8. The molecule has 0 unspecified atom stereocenters. The molecule has 3 heterocycles. The normalized spacial score (nSPS) is 11.3. The second-order valence-corrected chi connectivity index (χ2v) is 9.72. The van der Waals surface area contributed by atoms with Crippen LogP contribution in [-0.4, -0.2) is 29.5 Å². The molecule has 0 bridgehead atoms. The molecule has 5 aromatic rings. The largest absolute Gasteiger partial charge is 0.446 e. The SMILES string of the molecule is CCCCc1nc(C)n(Cc2cc(C)n(C)n2)c(=O)[n+]1Cc1ccc(-c2ccccc2-c2noc(=O)[nH]2)cc1. The van der Waals surface area contributed by atoms with E-state index in [2.05, 4.69) is 22.2 Å². The molecule has 0 atom stereocenters. The summed E-state index contributed by atoms with van der Waals surface area (Å²) in [4.78, 5) is 32.7. The lowest BCUT2D eigenvalue weighted by molar-refractivity contribution is -0.717. The van der Waals surface area contributed by atoms with Gasteiger partial charge in [-0.25, -0.2) is 9.59 Å². The summed E-state index contributed by atoms with van der Waals surface area (Å²) in [6.45, 7) is 6.78. The van der Waals surface area contributed by atoms with E-state index in [1.807, 2.05) is 80.2 Å². The Kier molecular flexibility index (Phi) is 7.36. The van der Waals surface area contributed by atoms with Crippen molar-refractivity contribution in [2.45, 2.75) is 53.1 Å². The lowest BCUT2D eigenvalue weighted by Gasteiger charge is -2.11. The lowest BCUT2D eigenvalue weighted by atomic mass is 9.98. The molecule has 200 valence electrons. The molecule has 0 aliphatic carbocycles. The fourth-order valence-electron chi connectivity index (χ4n) is 4.70. The molecule has 0 spiro atoms. The molecule has 0 saturated heterocycles. The molecule has 0 aliphatic rings. The fourth-order valence-corrected chi connectivity index (χ4v) is 4.70. The summed E-state index contributed by atoms with van der Waals surface area (Å²) in [5.41, 5.74) is 5.38. The number of H-pyrrole nitrogens is 1. The minimum atomic E-state index is -0.596. The molecule has 10 nitrogen and oxygen atoms in total. The van der Waals surface area contributed by atoms with Crippen LogP contribution < -0.4 is 16.0 Å². The Balaban J connectivity index is 1.48. The number of aryl methyl sites for hydroxylation is 4. The summed E-state index contributed by atoms with van der Waals surface area (Å²) in [5.74, 6) is 1.26. The van der Waals surface area contributed by atoms with Gasteiger partial charge in [-0.15, -0.1) is 0 Å². The van der Waals surface area contributed by atoms with Gasteiger partial charge in [0.25, 0.3) is 0 Å². The molecule has 1 N–H and O–H groups in total. The molecule has 2 aromatic carbocycles. The quantitative estimate of drug-likeness (QED) is 0.295. The van der Waals surface area contributed by atoms with Gasteiger partial charge in [0.15, 0.2) is 5.82 Å². The van der Waals surface area contributed by atoms with Gasteiger partial charge in [-0.1, -0.05) is 72.0 Å². The van der Waals surface area contributed by atoms with Gasteiger partial charge in [0.2, 0.25) is 11.6 Å². The van der Waals surface area contributed by atoms with E-state index >= 15 is 0 Å². The number of aromatic amines is 1. The zero-order valence-electron chi connectivity index (χ0n) is 22.6. The predicted molar refractivity (Wildman–Crippen MR) is 146 cm³/mol. The first-order valence-corrected chi connectivity index (χ1v) is 13.1. The monoisotopic (exact) mass is 526 g/mol. The van der Waals surface area contributed by atoms with Crippen LogP contribution in [0.3, 0.4) is 0 Å². The van der Waals surface area contributed by atoms with Crippen LogP contribution >= 0.6 is 0 Å². The molecule has 5 rings (SSSR count). The van der Waals surface area contributed by atoms with Crippen molar-refractivity contribution in [1.29, 1.82) is 0 Å². The molecule has 0 saturated carbocycles. The first kappa shape index (κ1) is 26.0. The number of nitrogens with zero attached hydrogens (tertiary/aromatic N) is 6. The van der Waals surface area contributed by atoms with Crippen molar-refractivity contribution >= 4 is 0 Å². The molecular formula is C29H32N7O3+. The van der Waals surface area contributed by atoms with Crippen LogP contribution in [0, 0.1) is 13.8 Å². The second-order valence-electron chi connectivity index (χ2n) is 9.72. The minimum Gasteiger partial charge on any atom is -0.296 e. The molecule has 10 heteroatoms. The van der Waals surface area contributed by atoms with Crippen LogP contribution in [0.1, 0.15) is 48.4 Å². The van der Waals surface area contributed by atoms with Gasteiger partial charge in [0.05, 0.1) is 5.69 Å². The molecule has 3 aromatic heterocycles. The number of hydrogen-bond acceptors (Lipinski definition) is 6. The van der Waals surface area contributed by atoms with E-state index in [1.165, 1.54) is 0 Å². The van der Waals surface area contributed by atoms with Gasteiger partial charge in [-0.05, 0) is 36.1 Å². The summed E-state index contributed by atoms with van der Waals surface area (Å²) >= 11 is 0. The molecule has 0 fully saturated rings. The lowest BCUT2D eigenvalue weighted by Crippen LogP contribution is -2.58. The highest BCUT2D eigenvalue weighted by atomic mass is 16.5. The highest BCUT2D eigenvalue weighted by Gasteiger charge is 2.22. The average Bonchev–Trinajstić information content (AvgIpc) is 3.51. The van der Waals surface area contributed by atoms with Crippen LogP contribution in [0.25, 0.3) is 22.5 Å². The summed E-state index contributed by atoms with van der Waals surface area (Å²) in [6, 6.07) is 17.7. The van der Waals surface area contributed by atoms with Crippen LogP contribution in [0.5, 0.6) is 0 Å². The zero-order chi connectivity index (χ0) is 27.5. The Bertz CT molecular complexity index is 1710. The fraction of sp³-hybridized carbons (Fsp3) is 0.310. The Labute approximate surface area is 225 Å². The van der Waals surface area contributed by atoms with Gasteiger partial charge in [0, 0.05) is 31.6 Å². The van der Waals surface area contributed by atoms with Gasteiger partial charge in [-0.2, -0.15) is 14.2 Å². The van der Waals surface area contributed by atoms with Crippen molar-refractivity contribution in [2.24, 2.45) is 7.05 Å². The van der Waals surface area contributed by atoms with Crippen LogP contribution in [0.4, 0.5) is 0 Å². The Morgan fingerprint density at radius 3 is 2.41 bits per heavy atom. The van der Waals surface area contributed by atoms with E-state index in [4.69, 9.17) is 9.51 Å². The van der Waals surface area contributed by atoms with E-state index in [0.29, 0.717) is 24.7 Å². The summed E-state index contributed by atoms with van der Waals surface area (Å²) in [6.07, 6.45) is 2.70. The van der Waals surface area contributed by atoms with Gasteiger partial charge < -0.3 is 0 Å². The smallest absolute Gasteiger partial charge is 0.296 e. The van der Waals surface area contributed by atoms with Crippen molar-refractivity contribution in [3.8, 4) is 22.5 Å². The average molecular weight is 527 g/mol. The first-order chi connectivity index (χ1) is 18.8. The van der Waals surface area contributed by atoms with Crippen molar-refractivity contribution in [2.75, 3.05) is 0 Å². The maximum atomic E-state index is 13.8. The van der Waals surface area contributed by atoms with Crippen molar-refractivity contribution in [1.82, 2.24) is 29.5 Å². The number of aromatic nitrogens is 7. The summed E-state index contributed by atoms with van der Waals surface area (Å²) < 4.78 is 9.99. The van der Waals surface area contributed by atoms with Gasteiger partial charge in [-0.3, -0.25) is 14.2 Å². The Morgan fingerprint density at radius 1 is 1.03 bits per heavy atom. The van der Waals surface area contributed by atoms with E-state index in [1.54, 1.807) is 9.13 Å². The topological polar surface area (TPSA) is 115 Å². The van der Waals surface area contributed by atoms with Crippen molar-refractivity contribution < 1.29 is 9.09 Å². The second kappa shape index (κ2) is 11.0. The van der Waals surface area contributed by atoms with E-state index < -0.39 is 5.76 Å².